The highest BCUT2D eigenvalue weighted by Crippen LogP contribution is 2.15. The van der Waals surface area contributed by atoms with E-state index in [9.17, 15) is 0 Å². The van der Waals surface area contributed by atoms with Crippen LogP contribution >= 0.6 is 0 Å². The zero-order chi connectivity index (χ0) is 12.3. The third-order valence-electron chi connectivity index (χ3n) is 3.01. The fourth-order valence-corrected chi connectivity index (χ4v) is 1.83. The van der Waals surface area contributed by atoms with Gasteiger partial charge in [0.2, 0.25) is 0 Å². The lowest BCUT2D eigenvalue weighted by Crippen LogP contribution is -2.09. The lowest BCUT2D eigenvalue weighted by molar-refractivity contribution is 0.685. The second-order valence-corrected chi connectivity index (χ2v) is 4.59. The normalized spacial score (nSPS) is 12.6. The summed E-state index contributed by atoms with van der Waals surface area (Å²) >= 11 is 0. The Morgan fingerprint density at radius 1 is 1.29 bits per heavy atom. The van der Waals surface area contributed by atoms with E-state index >= 15 is 0 Å². The predicted molar refractivity (Wildman–Crippen MR) is 70.0 cm³/mol. The van der Waals surface area contributed by atoms with Crippen molar-refractivity contribution < 1.29 is 0 Å². The molecular weight excluding hydrogens is 210 g/mol. The number of nitrogens with zero attached hydrogens (tertiary/aromatic N) is 2. The molecule has 0 amide bonds. The van der Waals surface area contributed by atoms with Crippen LogP contribution in [0.2, 0.25) is 0 Å². The van der Waals surface area contributed by atoms with Gasteiger partial charge in [-0.15, -0.1) is 0 Å². The van der Waals surface area contributed by atoms with Crippen molar-refractivity contribution in [2.24, 2.45) is 5.73 Å². The topological polar surface area (TPSA) is 43.8 Å². The van der Waals surface area contributed by atoms with Crippen molar-refractivity contribution in [3.8, 4) is 0 Å². The van der Waals surface area contributed by atoms with Gasteiger partial charge in [0.15, 0.2) is 0 Å². The van der Waals surface area contributed by atoms with Crippen LogP contribution in [0, 0.1) is 6.92 Å². The number of aromatic nitrogens is 2. The first-order valence-corrected chi connectivity index (χ1v) is 5.97. The number of benzene rings is 1. The highest BCUT2D eigenvalue weighted by atomic mass is 15.3. The van der Waals surface area contributed by atoms with Crippen molar-refractivity contribution >= 4 is 0 Å². The summed E-state index contributed by atoms with van der Waals surface area (Å²) in [7, 11) is 0. The van der Waals surface area contributed by atoms with Crippen molar-refractivity contribution in [1.82, 2.24) is 9.78 Å². The smallest absolute Gasteiger partial charge is 0.0659 e. The molecule has 0 saturated carbocycles. The van der Waals surface area contributed by atoms with Gasteiger partial charge in [0.25, 0.3) is 0 Å². The monoisotopic (exact) mass is 229 g/mol. The molecule has 2 N–H and O–H groups in total. The summed E-state index contributed by atoms with van der Waals surface area (Å²) in [4.78, 5) is 0. The Morgan fingerprint density at radius 3 is 2.53 bits per heavy atom. The second kappa shape index (κ2) is 5.15. The number of rotatable bonds is 4. The van der Waals surface area contributed by atoms with E-state index in [4.69, 9.17) is 5.73 Å². The van der Waals surface area contributed by atoms with E-state index < -0.39 is 0 Å². The van der Waals surface area contributed by atoms with E-state index in [2.05, 4.69) is 49.4 Å². The summed E-state index contributed by atoms with van der Waals surface area (Å²) < 4.78 is 1.96. The fraction of sp³-hybridized carbons (Fsp3) is 0.357. The maximum atomic E-state index is 5.65. The van der Waals surface area contributed by atoms with E-state index in [1.165, 1.54) is 16.7 Å². The number of hydrogen-bond acceptors (Lipinski definition) is 2. The van der Waals surface area contributed by atoms with Crippen LogP contribution in [0.5, 0.6) is 0 Å². The minimum Gasteiger partial charge on any atom is -0.330 e. The van der Waals surface area contributed by atoms with Crippen LogP contribution in [0.25, 0.3) is 0 Å². The molecule has 0 aliphatic heterocycles. The highest BCUT2D eigenvalue weighted by Gasteiger charge is 2.03. The van der Waals surface area contributed by atoms with Crippen molar-refractivity contribution in [2.75, 3.05) is 6.54 Å². The van der Waals surface area contributed by atoms with E-state index in [-0.39, 0.29) is 0 Å². The number of hydrogen-bond donors (Lipinski definition) is 1. The molecule has 1 atom stereocenters. The van der Waals surface area contributed by atoms with Crippen molar-refractivity contribution in [3.63, 3.8) is 0 Å². The molecule has 2 rings (SSSR count). The Kier molecular flexibility index (Phi) is 3.59. The molecule has 3 nitrogen and oxygen atoms in total. The number of aryl methyl sites for hydroxylation is 1. The average molecular weight is 229 g/mol. The molecule has 0 radical (unpaired) electrons. The van der Waals surface area contributed by atoms with Gasteiger partial charge in [-0.25, -0.2) is 0 Å². The van der Waals surface area contributed by atoms with Gasteiger partial charge in [0, 0.05) is 6.20 Å². The molecule has 1 heterocycles. The van der Waals surface area contributed by atoms with Gasteiger partial charge in [-0.1, -0.05) is 31.2 Å². The van der Waals surface area contributed by atoms with Gasteiger partial charge < -0.3 is 5.73 Å². The van der Waals surface area contributed by atoms with Crippen molar-refractivity contribution in [3.05, 3.63) is 53.3 Å². The lowest BCUT2D eigenvalue weighted by atomic mass is 10.0. The fourth-order valence-electron chi connectivity index (χ4n) is 1.83. The van der Waals surface area contributed by atoms with Gasteiger partial charge in [-0.3, -0.25) is 4.68 Å². The number of nitrogens with two attached hydrogens (primary N) is 1. The first-order valence-electron chi connectivity index (χ1n) is 5.97. The standard InChI is InChI=1S/C14H19N3/c1-11-8-16-17(9-11)10-13-3-5-14(6-4-13)12(2)7-15/h3-6,8-9,12H,7,10,15H2,1-2H3. The summed E-state index contributed by atoms with van der Waals surface area (Å²) in [5, 5.41) is 4.28. The quantitative estimate of drug-likeness (QED) is 0.874. The maximum absolute atomic E-state index is 5.65. The van der Waals surface area contributed by atoms with Crippen LogP contribution in [0.4, 0.5) is 0 Å². The van der Waals surface area contributed by atoms with Crippen molar-refractivity contribution in [2.45, 2.75) is 26.3 Å². The van der Waals surface area contributed by atoms with Gasteiger partial charge >= 0.3 is 0 Å². The molecule has 1 unspecified atom stereocenters. The zero-order valence-corrected chi connectivity index (χ0v) is 10.4. The summed E-state index contributed by atoms with van der Waals surface area (Å²) in [6, 6.07) is 8.61. The summed E-state index contributed by atoms with van der Waals surface area (Å²) in [6.45, 7) is 5.71. The van der Waals surface area contributed by atoms with Crippen molar-refractivity contribution in [1.29, 1.82) is 0 Å². The molecule has 0 bridgehead atoms. The molecule has 0 saturated heterocycles. The molecular formula is C14H19N3. The molecule has 0 spiro atoms. The van der Waals surface area contributed by atoms with Gasteiger partial charge in [-0.05, 0) is 36.1 Å². The SMILES string of the molecule is Cc1cnn(Cc2ccc(C(C)CN)cc2)c1. The largest absolute Gasteiger partial charge is 0.330 e. The molecule has 90 valence electrons. The summed E-state index contributed by atoms with van der Waals surface area (Å²) in [5.41, 5.74) is 9.41. The second-order valence-electron chi connectivity index (χ2n) is 4.59. The minimum absolute atomic E-state index is 0.427. The van der Waals surface area contributed by atoms with Crippen LogP contribution in [0.3, 0.4) is 0 Å². The third-order valence-corrected chi connectivity index (χ3v) is 3.01. The van der Waals surface area contributed by atoms with E-state index in [1.54, 1.807) is 0 Å². The molecule has 1 aromatic heterocycles. The van der Waals surface area contributed by atoms with E-state index in [0.29, 0.717) is 12.5 Å². The summed E-state index contributed by atoms with van der Waals surface area (Å²) in [5.74, 6) is 0.427. The van der Waals surface area contributed by atoms with Crippen LogP contribution in [0.15, 0.2) is 36.7 Å². The summed E-state index contributed by atoms with van der Waals surface area (Å²) in [6.07, 6.45) is 3.93. The van der Waals surface area contributed by atoms with Gasteiger partial charge in [0.1, 0.15) is 0 Å². The first-order chi connectivity index (χ1) is 8.19. The highest BCUT2D eigenvalue weighted by molar-refractivity contribution is 5.25. The molecule has 3 heteroatoms. The lowest BCUT2D eigenvalue weighted by Gasteiger charge is -2.09. The average Bonchev–Trinajstić information content (AvgIpc) is 2.75. The molecule has 0 aliphatic carbocycles. The zero-order valence-electron chi connectivity index (χ0n) is 10.4. The molecule has 2 aromatic rings. The molecule has 0 fully saturated rings. The Balaban J connectivity index is 2.08. The van der Waals surface area contributed by atoms with Gasteiger partial charge in [0.05, 0.1) is 12.7 Å². The maximum Gasteiger partial charge on any atom is 0.0659 e. The Hall–Kier alpha value is -1.61. The first kappa shape index (κ1) is 11.9. The van der Waals surface area contributed by atoms with Crippen LogP contribution in [0.1, 0.15) is 29.5 Å². The Bertz CT molecular complexity index is 470. The molecule has 17 heavy (non-hydrogen) atoms. The van der Waals surface area contributed by atoms with Crippen LogP contribution < -0.4 is 5.73 Å². The molecule has 1 aromatic carbocycles. The molecule has 0 aliphatic rings. The Labute approximate surface area is 102 Å². The Morgan fingerprint density at radius 2 is 2.00 bits per heavy atom. The minimum atomic E-state index is 0.427. The van der Waals surface area contributed by atoms with E-state index in [1.807, 2.05) is 10.9 Å². The van der Waals surface area contributed by atoms with Gasteiger partial charge in [-0.2, -0.15) is 5.10 Å². The predicted octanol–water partition coefficient (Wildman–Crippen LogP) is 2.30. The van der Waals surface area contributed by atoms with Crippen LogP contribution in [-0.4, -0.2) is 16.3 Å². The van der Waals surface area contributed by atoms with E-state index in [0.717, 1.165) is 6.54 Å². The van der Waals surface area contributed by atoms with Crippen LogP contribution in [-0.2, 0) is 6.54 Å². The third kappa shape index (κ3) is 2.94.